The van der Waals surface area contributed by atoms with E-state index in [9.17, 15) is 14.4 Å². The van der Waals surface area contributed by atoms with Crippen molar-refractivity contribution in [1.82, 2.24) is 14.9 Å². The maximum absolute atomic E-state index is 13.5. The summed E-state index contributed by atoms with van der Waals surface area (Å²) in [6, 6.07) is 10.8. The Hall–Kier alpha value is -2.97. The smallest absolute Gasteiger partial charge is 0.262 e. The lowest BCUT2D eigenvalue weighted by atomic mass is 10.0. The average Bonchev–Trinajstić information content (AvgIpc) is 3.37. The van der Waals surface area contributed by atoms with Gasteiger partial charge in [0.05, 0.1) is 29.3 Å². The van der Waals surface area contributed by atoms with E-state index >= 15 is 0 Å². The predicted octanol–water partition coefficient (Wildman–Crippen LogP) is 4.31. The van der Waals surface area contributed by atoms with Crippen LogP contribution in [0.4, 0.5) is 0 Å². The first-order valence-electron chi connectivity index (χ1n) is 12.0. The SMILES string of the molecule is CCCNC(=O)c1ccc2c(=O)n(C[C@@H]3CCCO3)c(SCC(=O)c3cc(C)ccc3C)nc2c1. The van der Waals surface area contributed by atoms with Gasteiger partial charge in [-0.15, -0.1) is 0 Å². The molecule has 7 nitrogen and oxygen atoms in total. The van der Waals surface area contributed by atoms with Gasteiger partial charge in [0.15, 0.2) is 10.9 Å². The van der Waals surface area contributed by atoms with E-state index < -0.39 is 0 Å². The molecule has 2 heterocycles. The summed E-state index contributed by atoms with van der Waals surface area (Å²) >= 11 is 1.25. The maximum Gasteiger partial charge on any atom is 0.262 e. The highest BCUT2D eigenvalue weighted by atomic mass is 32.2. The monoisotopic (exact) mass is 493 g/mol. The fourth-order valence-corrected chi connectivity index (χ4v) is 5.08. The number of carbonyl (C=O) groups is 2. The number of ether oxygens (including phenoxy) is 1. The number of rotatable bonds is 9. The summed E-state index contributed by atoms with van der Waals surface area (Å²) < 4.78 is 7.40. The van der Waals surface area contributed by atoms with Crippen LogP contribution in [0.3, 0.4) is 0 Å². The number of ketones is 1. The topological polar surface area (TPSA) is 90.3 Å². The van der Waals surface area contributed by atoms with Crippen molar-refractivity contribution < 1.29 is 14.3 Å². The quantitative estimate of drug-likeness (QED) is 0.271. The molecule has 0 bridgehead atoms. The van der Waals surface area contributed by atoms with Gasteiger partial charge in [0.2, 0.25) is 0 Å². The number of nitrogens with one attached hydrogen (secondary N) is 1. The van der Waals surface area contributed by atoms with Crippen molar-refractivity contribution in [3.05, 3.63) is 69.0 Å². The van der Waals surface area contributed by atoms with Gasteiger partial charge in [-0.25, -0.2) is 4.98 Å². The minimum Gasteiger partial charge on any atom is -0.376 e. The predicted molar refractivity (Wildman–Crippen MR) is 139 cm³/mol. The lowest BCUT2D eigenvalue weighted by molar-refractivity contribution is 0.0937. The van der Waals surface area contributed by atoms with Crippen molar-refractivity contribution >= 4 is 34.4 Å². The molecule has 1 aromatic heterocycles. The fraction of sp³-hybridized carbons (Fsp3) is 0.407. The number of hydrogen-bond donors (Lipinski definition) is 1. The Morgan fingerprint density at radius 3 is 2.77 bits per heavy atom. The number of thioether (sulfide) groups is 1. The number of amides is 1. The summed E-state index contributed by atoms with van der Waals surface area (Å²) in [5.74, 6) is -0.0509. The summed E-state index contributed by atoms with van der Waals surface area (Å²) in [5.41, 5.74) is 3.35. The van der Waals surface area contributed by atoms with Gasteiger partial charge in [-0.05, 0) is 62.9 Å². The first-order valence-corrected chi connectivity index (χ1v) is 13.0. The molecular weight excluding hydrogens is 462 g/mol. The van der Waals surface area contributed by atoms with E-state index in [0.29, 0.717) is 46.9 Å². The Morgan fingerprint density at radius 2 is 2.03 bits per heavy atom. The number of aromatic nitrogens is 2. The summed E-state index contributed by atoms with van der Waals surface area (Å²) in [6.45, 7) is 7.52. The zero-order chi connectivity index (χ0) is 24.9. The molecule has 1 N–H and O–H groups in total. The van der Waals surface area contributed by atoms with Crippen molar-refractivity contribution in [3.63, 3.8) is 0 Å². The van der Waals surface area contributed by atoms with Crippen molar-refractivity contribution in [1.29, 1.82) is 0 Å². The van der Waals surface area contributed by atoms with E-state index in [1.54, 1.807) is 22.8 Å². The van der Waals surface area contributed by atoms with Gasteiger partial charge in [0.1, 0.15) is 0 Å². The van der Waals surface area contributed by atoms with Gasteiger partial charge in [0, 0.05) is 24.3 Å². The number of aryl methyl sites for hydroxylation is 2. The lowest BCUT2D eigenvalue weighted by Crippen LogP contribution is -2.29. The number of fused-ring (bicyclic) bond motifs is 1. The Labute approximate surface area is 209 Å². The summed E-state index contributed by atoms with van der Waals surface area (Å²) in [5, 5.41) is 3.76. The third kappa shape index (κ3) is 5.82. The van der Waals surface area contributed by atoms with Crippen LogP contribution in [0.25, 0.3) is 10.9 Å². The van der Waals surface area contributed by atoms with Crippen LogP contribution in [0.1, 0.15) is 58.0 Å². The minimum atomic E-state index is -0.196. The molecule has 1 fully saturated rings. The molecule has 1 aliphatic heterocycles. The number of hydrogen-bond acceptors (Lipinski definition) is 6. The largest absolute Gasteiger partial charge is 0.376 e. The molecular formula is C27H31N3O4S. The number of carbonyl (C=O) groups excluding carboxylic acids is 2. The molecule has 1 amide bonds. The second kappa shape index (κ2) is 11.2. The highest BCUT2D eigenvalue weighted by Gasteiger charge is 2.22. The van der Waals surface area contributed by atoms with Crippen molar-refractivity contribution in [2.75, 3.05) is 18.9 Å². The van der Waals surface area contributed by atoms with Gasteiger partial charge in [-0.2, -0.15) is 0 Å². The standard InChI is InChI=1S/C27H31N3O4S/c1-4-11-28-25(32)19-9-10-21-23(14-19)29-27(30(26(21)33)15-20-6-5-12-34-20)35-16-24(31)22-13-17(2)7-8-18(22)3/h7-10,13-14,20H,4-6,11-12,15-16H2,1-3H3,(H,28,32)/t20-/m0/s1. The van der Waals surface area contributed by atoms with E-state index in [0.717, 1.165) is 30.4 Å². The van der Waals surface area contributed by atoms with Crippen LogP contribution in [0.2, 0.25) is 0 Å². The maximum atomic E-state index is 13.5. The molecule has 1 saturated heterocycles. The second-order valence-electron chi connectivity index (χ2n) is 8.96. The van der Waals surface area contributed by atoms with Crippen LogP contribution in [-0.4, -0.2) is 46.2 Å². The average molecular weight is 494 g/mol. The van der Waals surface area contributed by atoms with Gasteiger partial charge < -0.3 is 10.1 Å². The molecule has 0 aliphatic carbocycles. The van der Waals surface area contributed by atoms with E-state index in [1.807, 2.05) is 39.0 Å². The molecule has 184 valence electrons. The number of benzene rings is 2. The molecule has 0 spiro atoms. The molecule has 35 heavy (non-hydrogen) atoms. The molecule has 0 saturated carbocycles. The summed E-state index contributed by atoms with van der Waals surface area (Å²) in [7, 11) is 0. The number of nitrogens with zero attached hydrogens (tertiary/aromatic N) is 2. The number of Topliss-reactive ketones (excluding diaryl/α,β-unsaturated/α-hetero) is 1. The normalized spacial score (nSPS) is 15.5. The van der Waals surface area contributed by atoms with Crippen LogP contribution >= 0.6 is 11.8 Å². The van der Waals surface area contributed by atoms with E-state index in [4.69, 9.17) is 9.72 Å². The molecule has 1 aliphatic rings. The highest BCUT2D eigenvalue weighted by molar-refractivity contribution is 7.99. The van der Waals surface area contributed by atoms with Gasteiger partial charge in [-0.1, -0.05) is 36.4 Å². The molecule has 4 rings (SSSR count). The second-order valence-corrected chi connectivity index (χ2v) is 9.91. The van der Waals surface area contributed by atoms with Gasteiger partial charge in [0.25, 0.3) is 11.5 Å². The van der Waals surface area contributed by atoms with Crippen LogP contribution in [0.5, 0.6) is 0 Å². The first-order chi connectivity index (χ1) is 16.9. The third-order valence-electron chi connectivity index (χ3n) is 6.15. The molecule has 0 unspecified atom stereocenters. The van der Waals surface area contributed by atoms with Crippen LogP contribution in [0.15, 0.2) is 46.3 Å². The molecule has 8 heteroatoms. The van der Waals surface area contributed by atoms with Crippen LogP contribution in [0, 0.1) is 13.8 Å². The zero-order valence-corrected chi connectivity index (χ0v) is 21.2. The molecule has 0 radical (unpaired) electrons. The van der Waals surface area contributed by atoms with Crippen molar-refractivity contribution in [2.45, 2.75) is 57.8 Å². The Bertz CT molecular complexity index is 1310. The first kappa shape index (κ1) is 25.1. The van der Waals surface area contributed by atoms with E-state index in [2.05, 4.69) is 5.32 Å². The fourth-order valence-electron chi connectivity index (χ4n) is 4.19. The molecule has 1 atom stereocenters. The highest BCUT2D eigenvalue weighted by Crippen LogP contribution is 2.23. The van der Waals surface area contributed by atoms with E-state index in [1.165, 1.54) is 11.8 Å². The summed E-state index contributed by atoms with van der Waals surface area (Å²) in [6.07, 6.45) is 2.62. The minimum absolute atomic E-state index is 0.0121. The van der Waals surface area contributed by atoms with Gasteiger partial charge >= 0.3 is 0 Å². The Balaban J connectivity index is 1.68. The van der Waals surface area contributed by atoms with Crippen molar-refractivity contribution in [2.24, 2.45) is 0 Å². The van der Waals surface area contributed by atoms with Crippen LogP contribution < -0.4 is 10.9 Å². The third-order valence-corrected chi connectivity index (χ3v) is 7.13. The van der Waals surface area contributed by atoms with Crippen molar-refractivity contribution in [3.8, 4) is 0 Å². The van der Waals surface area contributed by atoms with Crippen LogP contribution in [-0.2, 0) is 11.3 Å². The molecule has 3 aromatic rings. The van der Waals surface area contributed by atoms with Gasteiger partial charge in [-0.3, -0.25) is 19.0 Å². The zero-order valence-electron chi connectivity index (χ0n) is 20.4. The summed E-state index contributed by atoms with van der Waals surface area (Å²) in [4.78, 5) is 43.7. The van der Waals surface area contributed by atoms with E-state index in [-0.39, 0.29) is 29.1 Å². The Kier molecular flexibility index (Phi) is 8.03. The molecule has 2 aromatic carbocycles. The lowest BCUT2D eigenvalue weighted by Gasteiger charge is -2.17. The Morgan fingerprint density at radius 1 is 1.20 bits per heavy atom.